The lowest BCUT2D eigenvalue weighted by atomic mass is 10.1. The number of aryl methyl sites for hydroxylation is 1. The molecule has 3 aromatic carbocycles. The van der Waals surface area contributed by atoms with Crippen molar-refractivity contribution in [2.45, 2.75) is 6.92 Å². The lowest BCUT2D eigenvalue weighted by molar-refractivity contribution is -0.122. The van der Waals surface area contributed by atoms with Crippen LogP contribution >= 0.6 is 0 Å². The van der Waals surface area contributed by atoms with Crippen LogP contribution in [0.2, 0.25) is 0 Å². The van der Waals surface area contributed by atoms with E-state index < -0.39 is 17.8 Å². The number of imide groups is 2. The van der Waals surface area contributed by atoms with Gasteiger partial charge in [0.2, 0.25) is 0 Å². The van der Waals surface area contributed by atoms with E-state index in [9.17, 15) is 14.4 Å². The summed E-state index contributed by atoms with van der Waals surface area (Å²) in [4.78, 5) is 38.6. The highest BCUT2D eigenvalue weighted by atomic mass is 16.5. The summed E-state index contributed by atoms with van der Waals surface area (Å²) >= 11 is 0. The van der Waals surface area contributed by atoms with Crippen molar-refractivity contribution in [2.24, 2.45) is 0 Å². The number of nitrogens with zero attached hydrogens (tertiary/aromatic N) is 1. The maximum atomic E-state index is 13.0. The molecule has 1 heterocycles. The second-order valence-corrected chi connectivity index (χ2v) is 7.38. The predicted molar refractivity (Wildman–Crippen MR) is 124 cm³/mol. The van der Waals surface area contributed by atoms with Crippen LogP contribution in [0.5, 0.6) is 11.5 Å². The molecule has 1 aliphatic rings. The van der Waals surface area contributed by atoms with Gasteiger partial charge in [-0.15, -0.1) is 0 Å². The Hall–Kier alpha value is -4.39. The van der Waals surface area contributed by atoms with Gasteiger partial charge in [-0.1, -0.05) is 42.5 Å². The summed E-state index contributed by atoms with van der Waals surface area (Å²) < 4.78 is 11.3. The van der Waals surface area contributed by atoms with Crippen molar-refractivity contribution < 1.29 is 23.9 Å². The third-order valence-electron chi connectivity index (χ3n) is 4.92. The number of hydrogen-bond donors (Lipinski definition) is 1. The molecular formula is C26H22N2O5. The molecule has 1 fully saturated rings. The van der Waals surface area contributed by atoms with Gasteiger partial charge in [0.15, 0.2) is 0 Å². The van der Waals surface area contributed by atoms with E-state index in [2.05, 4.69) is 5.32 Å². The van der Waals surface area contributed by atoms with E-state index in [0.29, 0.717) is 30.2 Å². The Balaban J connectivity index is 1.42. The summed E-state index contributed by atoms with van der Waals surface area (Å²) in [6.45, 7) is 2.62. The highest BCUT2D eigenvalue weighted by Crippen LogP contribution is 2.23. The molecule has 0 aliphatic carbocycles. The number of anilines is 1. The van der Waals surface area contributed by atoms with Crippen molar-refractivity contribution in [3.8, 4) is 11.5 Å². The van der Waals surface area contributed by atoms with E-state index in [1.165, 1.54) is 6.08 Å². The summed E-state index contributed by atoms with van der Waals surface area (Å²) in [6, 6.07) is 22.6. The van der Waals surface area contributed by atoms with Gasteiger partial charge in [-0.25, -0.2) is 9.69 Å². The molecule has 0 saturated carbocycles. The number of amides is 4. The average Bonchev–Trinajstić information content (AvgIpc) is 2.81. The first-order valence-corrected chi connectivity index (χ1v) is 10.4. The zero-order chi connectivity index (χ0) is 23.2. The van der Waals surface area contributed by atoms with E-state index in [4.69, 9.17) is 9.47 Å². The minimum absolute atomic E-state index is 0.124. The third kappa shape index (κ3) is 5.27. The molecule has 0 aromatic heterocycles. The van der Waals surface area contributed by atoms with E-state index in [1.807, 2.05) is 43.3 Å². The molecule has 4 rings (SSSR count). The summed E-state index contributed by atoms with van der Waals surface area (Å²) in [7, 11) is 0. The fourth-order valence-electron chi connectivity index (χ4n) is 3.32. The Morgan fingerprint density at radius 2 is 1.48 bits per heavy atom. The van der Waals surface area contributed by atoms with Crippen LogP contribution in [0.25, 0.3) is 6.08 Å². The average molecular weight is 442 g/mol. The Bertz CT molecular complexity index is 1200. The fourth-order valence-corrected chi connectivity index (χ4v) is 3.32. The van der Waals surface area contributed by atoms with Crippen molar-refractivity contribution in [3.05, 3.63) is 95.6 Å². The molecule has 1 aliphatic heterocycles. The standard InChI is InChI=1S/C26H22N2O5/c1-18-6-5-7-20(16-18)28-25(30)23(24(29)27-26(28)31)17-19-10-12-22(13-11-19)33-15-14-32-21-8-3-2-4-9-21/h2-13,16-17H,14-15H2,1H3,(H,27,29,31). The molecule has 0 atom stereocenters. The molecule has 0 radical (unpaired) electrons. The number of hydrogen-bond acceptors (Lipinski definition) is 5. The highest BCUT2D eigenvalue weighted by molar-refractivity contribution is 6.39. The van der Waals surface area contributed by atoms with Crippen molar-refractivity contribution in [2.75, 3.05) is 18.1 Å². The van der Waals surface area contributed by atoms with Crippen LogP contribution < -0.4 is 19.7 Å². The maximum absolute atomic E-state index is 13.0. The number of ether oxygens (including phenoxy) is 2. The second-order valence-electron chi connectivity index (χ2n) is 7.38. The predicted octanol–water partition coefficient (Wildman–Crippen LogP) is 4.12. The van der Waals surface area contributed by atoms with E-state index >= 15 is 0 Å². The van der Waals surface area contributed by atoms with E-state index in [-0.39, 0.29) is 5.57 Å². The molecular weight excluding hydrogens is 420 g/mol. The van der Waals surface area contributed by atoms with Gasteiger partial charge in [-0.3, -0.25) is 14.9 Å². The fraction of sp³-hybridized carbons (Fsp3) is 0.115. The number of urea groups is 1. The maximum Gasteiger partial charge on any atom is 0.335 e. The lowest BCUT2D eigenvalue weighted by Crippen LogP contribution is -2.54. The Morgan fingerprint density at radius 3 is 2.15 bits per heavy atom. The molecule has 3 aromatic rings. The van der Waals surface area contributed by atoms with E-state index in [1.54, 1.807) is 42.5 Å². The molecule has 0 spiro atoms. The zero-order valence-corrected chi connectivity index (χ0v) is 18.0. The molecule has 7 nitrogen and oxygen atoms in total. The van der Waals surface area contributed by atoms with Crippen molar-refractivity contribution >= 4 is 29.6 Å². The molecule has 4 amide bonds. The SMILES string of the molecule is Cc1cccc(N2C(=O)NC(=O)C(=Cc3ccc(OCCOc4ccccc4)cc3)C2=O)c1. The third-order valence-corrected chi connectivity index (χ3v) is 4.92. The normalized spacial score (nSPS) is 14.9. The van der Waals surface area contributed by atoms with Gasteiger partial charge in [0.05, 0.1) is 5.69 Å². The smallest absolute Gasteiger partial charge is 0.335 e. The van der Waals surface area contributed by atoms with Crippen molar-refractivity contribution in [1.82, 2.24) is 5.32 Å². The first kappa shape index (κ1) is 21.8. The molecule has 7 heteroatoms. The first-order valence-electron chi connectivity index (χ1n) is 10.4. The number of barbiturate groups is 1. The number of para-hydroxylation sites is 1. The minimum atomic E-state index is -0.769. The number of benzene rings is 3. The number of carbonyl (C=O) groups excluding carboxylic acids is 3. The first-order chi connectivity index (χ1) is 16.0. The van der Waals surface area contributed by atoms with Crippen LogP contribution in [0.15, 0.2) is 84.4 Å². The van der Waals surface area contributed by atoms with Gasteiger partial charge in [0.25, 0.3) is 11.8 Å². The van der Waals surface area contributed by atoms with Crippen LogP contribution in [0.1, 0.15) is 11.1 Å². The van der Waals surface area contributed by atoms with Gasteiger partial charge in [-0.05, 0) is 60.5 Å². The molecule has 33 heavy (non-hydrogen) atoms. The topological polar surface area (TPSA) is 84.9 Å². The van der Waals surface area contributed by atoms with Gasteiger partial charge in [0, 0.05) is 0 Å². The molecule has 0 unspecified atom stereocenters. The molecule has 1 saturated heterocycles. The van der Waals surface area contributed by atoms with Gasteiger partial charge in [-0.2, -0.15) is 0 Å². The van der Waals surface area contributed by atoms with Crippen LogP contribution in [0.4, 0.5) is 10.5 Å². The van der Waals surface area contributed by atoms with Crippen LogP contribution in [0.3, 0.4) is 0 Å². The van der Waals surface area contributed by atoms with E-state index in [0.717, 1.165) is 16.2 Å². The summed E-state index contributed by atoms with van der Waals surface area (Å²) in [5.74, 6) is 0.00140. The zero-order valence-electron chi connectivity index (χ0n) is 18.0. The minimum Gasteiger partial charge on any atom is -0.490 e. The lowest BCUT2D eigenvalue weighted by Gasteiger charge is -2.26. The monoisotopic (exact) mass is 442 g/mol. The molecule has 166 valence electrons. The molecule has 0 bridgehead atoms. The summed E-state index contributed by atoms with van der Waals surface area (Å²) in [5, 5.41) is 2.23. The largest absolute Gasteiger partial charge is 0.490 e. The van der Waals surface area contributed by atoms with Crippen LogP contribution in [0, 0.1) is 6.92 Å². The Labute approximate surface area is 191 Å². The Kier molecular flexibility index (Phi) is 6.50. The number of rotatable bonds is 7. The van der Waals surface area contributed by atoms with Gasteiger partial charge >= 0.3 is 6.03 Å². The summed E-state index contributed by atoms with van der Waals surface area (Å²) in [5.41, 5.74) is 1.79. The number of carbonyl (C=O) groups is 3. The summed E-state index contributed by atoms with van der Waals surface area (Å²) in [6.07, 6.45) is 1.45. The van der Waals surface area contributed by atoms with Crippen LogP contribution in [-0.4, -0.2) is 31.1 Å². The van der Waals surface area contributed by atoms with Gasteiger partial charge in [0.1, 0.15) is 30.3 Å². The quantitative estimate of drug-likeness (QED) is 0.338. The second kappa shape index (κ2) is 9.82. The van der Waals surface area contributed by atoms with Crippen molar-refractivity contribution in [1.29, 1.82) is 0 Å². The van der Waals surface area contributed by atoms with Crippen molar-refractivity contribution in [3.63, 3.8) is 0 Å². The van der Waals surface area contributed by atoms with Gasteiger partial charge < -0.3 is 9.47 Å². The molecule has 1 N–H and O–H groups in total. The Morgan fingerprint density at radius 1 is 0.818 bits per heavy atom. The number of nitrogens with one attached hydrogen (secondary N) is 1. The van der Waals surface area contributed by atoms with Crippen LogP contribution in [-0.2, 0) is 9.59 Å². The highest BCUT2D eigenvalue weighted by Gasteiger charge is 2.36.